The Balaban J connectivity index is 2.60. The molecule has 2 rings (SSSR count). The highest BCUT2D eigenvalue weighted by atomic mass is 16.6. The summed E-state index contributed by atoms with van der Waals surface area (Å²) in [6.07, 6.45) is 3.39. The number of carbonyl (C=O) groups excluding carboxylic acids is 2. The van der Waals surface area contributed by atoms with E-state index in [1.54, 1.807) is 13.8 Å². The first-order chi connectivity index (χ1) is 11.2. The van der Waals surface area contributed by atoms with Crippen molar-refractivity contribution in [2.45, 2.75) is 65.9 Å². The lowest BCUT2D eigenvalue weighted by molar-refractivity contribution is -0.155. The minimum Gasteiger partial charge on any atom is -0.462 e. The van der Waals surface area contributed by atoms with E-state index in [2.05, 4.69) is 6.58 Å². The summed E-state index contributed by atoms with van der Waals surface area (Å²) in [7, 11) is 0. The maximum Gasteiger partial charge on any atom is 0.338 e. The van der Waals surface area contributed by atoms with Gasteiger partial charge in [0.1, 0.15) is 5.60 Å². The van der Waals surface area contributed by atoms with Gasteiger partial charge < -0.3 is 9.47 Å². The maximum atomic E-state index is 12.8. The van der Waals surface area contributed by atoms with E-state index in [4.69, 9.17) is 9.47 Å². The van der Waals surface area contributed by atoms with Gasteiger partial charge in [0.2, 0.25) is 0 Å². The number of carbonyl (C=O) groups is 2. The summed E-state index contributed by atoms with van der Waals surface area (Å²) in [6, 6.07) is 0. The molecule has 0 aromatic rings. The first-order valence-corrected chi connectivity index (χ1v) is 8.74. The Hall–Kier alpha value is -1.84. The molecule has 0 aromatic heterocycles. The molecule has 2 aliphatic rings. The zero-order valence-corrected chi connectivity index (χ0v) is 15.5. The predicted octanol–water partition coefficient (Wildman–Crippen LogP) is 4.26. The van der Waals surface area contributed by atoms with Crippen molar-refractivity contribution in [1.82, 2.24) is 0 Å². The molecule has 0 bridgehead atoms. The normalized spacial score (nSPS) is 25.1. The maximum absolute atomic E-state index is 12.8. The van der Waals surface area contributed by atoms with Crippen LogP contribution in [-0.4, -0.2) is 24.1 Å². The number of cyclic esters (lactones) is 1. The van der Waals surface area contributed by atoms with Gasteiger partial charge in [-0.1, -0.05) is 19.1 Å². The predicted molar refractivity (Wildman–Crippen MR) is 93.3 cm³/mol. The third-order valence-corrected chi connectivity index (χ3v) is 4.79. The van der Waals surface area contributed by atoms with Crippen LogP contribution in [0.25, 0.3) is 0 Å². The summed E-state index contributed by atoms with van der Waals surface area (Å²) in [5.41, 5.74) is 2.95. The van der Waals surface area contributed by atoms with Gasteiger partial charge in [0.05, 0.1) is 17.8 Å². The lowest BCUT2D eigenvalue weighted by Crippen LogP contribution is -2.37. The Morgan fingerprint density at radius 2 is 2.00 bits per heavy atom. The molecule has 1 saturated carbocycles. The van der Waals surface area contributed by atoms with Crippen molar-refractivity contribution >= 4 is 11.9 Å². The molecule has 4 heteroatoms. The van der Waals surface area contributed by atoms with Crippen molar-refractivity contribution in [2.75, 3.05) is 6.61 Å². The summed E-state index contributed by atoms with van der Waals surface area (Å²) < 4.78 is 10.9. The molecule has 1 fully saturated rings. The van der Waals surface area contributed by atoms with E-state index in [1.165, 1.54) is 0 Å². The molecule has 1 unspecified atom stereocenters. The van der Waals surface area contributed by atoms with E-state index in [1.807, 2.05) is 20.8 Å². The highest BCUT2D eigenvalue weighted by Gasteiger charge is 2.42. The van der Waals surface area contributed by atoms with Gasteiger partial charge in [-0.15, -0.1) is 0 Å². The van der Waals surface area contributed by atoms with Crippen LogP contribution in [0.1, 0.15) is 60.3 Å². The van der Waals surface area contributed by atoms with E-state index in [9.17, 15) is 9.59 Å². The zero-order chi connectivity index (χ0) is 18.1. The number of hydrogen-bond acceptors (Lipinski definition) is 4. The number of ether oxygens (including phenoxy) is 2. The van der Waals surface area contributed by atoms with Gasteiger partial charge in [0, 0.05) is 6.42 Å². The van der Waals surface area contributed by atoms with Gasteiger partial charge >= 0.3 is 11.9 Å². The Bertz CT molecular complexity index is 634. The van der Waals surface area contributed by atoms with Gasteiger partial charge in [-0.2, -0.15) is 0 Å². The van der Waals surface area contributed by atoms with Gasteiger partial charge in [-0.05, 0) is 64.0 Å². The number of hydrogen-bond donors (Lipinski definition) is 0. The highest BCUT2D eigenvalue weighted by molar-refractivity contribution is 6.02. The average Bonchev–Trinajstić information content (AvgIpc) is 3.29. The van der Waals surface area contributed by atoms with E-state index in [0.717, 1.165) is 30.4 Å². The van der Waals surface area contributed by atoms with Crippen LogP contribution in [0.2, 0.25) is 0 Å². The molecular weight excluding hydrogens is 304 g/mol. The zero-order valence-electron chi connectivity index (χ0n) is 15.5. The molecule has 4 nitrogen and oxygen atoms in total. The third-order valence-electron chi connectivity index (χ3n) is 4.79. The number of esters is 2. The van der Waals surface area contributed by atoms with Gasteiger partial charge in [-0.25, -0.2) is 9.59 Å². The minimum absolute atomic E-state index is 0.213. The third kappa shape index (κ3) is 3.63. The standard InChI is InChI=1S/C20H28O4/c1-7-20(6)11-13(5)16(19(22)24-20)17(14-9-10-14)15(12(3)4)18(21)23-8-2/h14H,3,7-11H2,1-2,4-6H3/b17-15+. The molecule has 0 aromatic carbocycles. The first kappa shape index (κ1) is 18.5. The highest BCUT2D eigenvalue weighted by Crippen LogP contribution is 2.47. The molecule has 1 aliphatic carbocycles. The van der Waals surface area contributed by atoms with Crippen LogP contribution in [0.15, 0.2) is 34.4 Å². The molecule has 1 aliphatic heterocycles. The van der Waals surface area contributed by atoms with Gasteiger partial charge in [0.15, 0.2) is 0 Å². The summed E-state index contributed by atoms with van der Waals surface area (Å²) in [6.45, 7) is 13.7. The van der Waals surface area contributed by atoms with Crippen molar-refractivity contribution in [3.63, 3.8) is 0 Å². The second-order valence-electron chi connectivity index (χ2n) is 7.09. The molecule has 1 heterocycles. The van der Waals surface area contributed by atoms with E-state index >= 15 is 0 Å². The molecule has 1 atom stereocenters. The fraction of sp³-hybridized carbons (Fsp3) is 0.600. The Morgan fingerprint density at radius 3 is 2.42 bits per heavy atom. The molecule has 132 valence electrons. The van der Waals surface area contributed by atoms with Crippen molar-refractivity contribution in [2.24, 2.45) is 5.92 Å². The lowest BCUT2D eigenvalue weighted by atomic mass is 9.83. The Kier molecular flexibility index (Phi) is 5.36. The Morgan fingerprint density at radius 1 is 1.38 bits per heavy atom. The first-order valence-electron chi connectivity index (χ1n) is 8.74. The number of rotatable bonds is 6. The fourth-order valence-electron chi connectivity index (χ4n) is 3.29. The lowest BCUT2D eigenvalue weighted by Gasteiger charge is -2.35. The fourth-order valence-corrected chi connectivity index (χ4v) is 3.29. The molecule has 24 heavy (non-hydrogen) atoms. The summed E-state index contributed by atoms with van der Waals surface area (Å²) in [5.74, 6) is -0.513. The van der Waals surface area contributed by atoms with Crippen LogP contribution in [0.4, 0.5) is 0 Å². The summed E-state index contributed by atoms with van der Waals surface area (Å²) >= 11 is 0. The van der Waals surface area contributed by atoms with Crippen LogP contribution in [-0.2, 0) is 19.1 Å². The van der Waals surface area contributed by atoms with Crippen LogP contribution < -0.4 is 0 Å². The second kappa shape index (κ2) is 6.96. The van der Waals surface area contributed by atoms with Crippen molar-refractivity contribution in [1.29, 1.82) is 0 Å². The summed E-state index contributed by atoms with van der Waals surface area (Å²) in [4.78, 5) is 25.2. The van der Waals surface area contributed by atoms with Crippen LogP contribution in [0.3, 0.4) is 0 Å². The topological polar surface area (TPSA) is 52.6 Å². The van der Waals surface area contributed by atoms with Crippen molar-refractivity contribution in [3.05, 3.63) is 34.4 Å². The van der Waals surface area contributed by atoms with Crippen molar-refractivity contribution < 1.29 is 19.1 Å². The second-order valence-corrected chi connectivity index (χ2v) is 7.09. The summed E-state index contributed by atoms with van der Waals surface area (Å²) in [5, 5.41) is 0. The van der Waals surface area contributed by atoms with Gasteiger partial charge in [0.25, 0.3) is 0 Å². The van der Waals surface area contributed by atoms with E-state index < -0.39 is 11.6 Å². The monoisotopic (exact) mass is 332 g/mol. The largest absolute Gasteiger partial charge is 0.462 e. The molecule has 0 spiro atoms. The quantitative estimate of drug-likeness (QED) is 0.414. The van der Waals surface area contributed by atoms with E-state index in [-0.39, 0.29) is 11.9 Å². The van der Waals surface area contributed by atoms with Crippen LogP contribution >= 0.6 is 0 Å². The molecule has 0 N–H and O–H groups in total. The van der Waals surface area contributed by atoms with Crippen LogP contribution in [0.5, 0.6) is 0 Å². The molecule has 0 saturated heterocycles. The minimum atomic E-state index is -0.466. The van der Waals surface area contributed by atoms with Gasteiger partial charge in [-0.3, -0.25) is 0 Å². The van der Waals surface area contributed by atoms with Crippen LogP contribution in [0, 0.1) is 5.92 Å². The SMILES string of the molecule is C=C(C)/C(C(=O)OCC)=C(\C1=C(C)CC(C)(CC)OC1=O)C1CC1. The average molecular weight is 332 g/mol. The molecular formula is C20H28O4. The molecule has 0 radical (unpaired) electrons. The van der Waals surface area contributed by atoms with Crippen molar-refractivity contribution in [3.8, 4) is 0 Å². The van der Waals surface area contributed by atoms with E-state index in [0.29, 0.717) is 29.7 Å². The molecule has 0 amide bonds. The Labute approximate surface area is 144 Å². The smallest absolute Gasteiger partial charge is 0.338 e.